The quantitative estimate of drug-likeness (QED) is 0.742. The van der Waals surface area contributed by atoms with Crippen molar-refractivity contribution in [3.63, 3.8) is 0 Å². The molecule has 3 atom stereocenters. The van der Waals surface area contributed by atoms with Crippen LogP contribution in [0.5, 0.6) is 0 Å². The van der Waals surface area contributed by atoms with Crippen LogP contribution >= 0.6 is 12.4 Å². The number of halogens is 1. The Hall–Kier alpha value is -1.16. The van der Waals surface area contributed by atoms with E-state index in [1.807, 2.05) is 0 Å². The van der Waals surface area contributed by atoms with Crippen LogP contribution in [0.2, 0.25) is 0 Å². The fourth-order valence-corrected chi connectivity index (χ4v) is 6.20. The smallest absolute Gasteiger partial charge is 0.246 e. The zero-order chi connectivity index (χ0) is 19.0. The summed E-state index contributed by atoms with van der Waals surface area (Å²) in [7, 11) is -1.80. The lowest BCUT2D eigenvalue weighted by Crippen LogP contribution is -2.51. The van der Waals surface area contributed by atoms with Gasteiger partial charge in [0, 0.05) is 38.4 Å². The van der Waals surface area contributed by atoms with Crippen LogP contribution in [0, 0.1) is 5.92 Å². The summed E-state index contributed by atoms with van der Waals surface area (Å²) in [5.74, 6) is 0.721. The molecule has 0 aromatic carbocycles. The lowest BCUT2D eigenvalue weighted by atomic mass is 9.85. The third kappa shape index (κ3) is 4.37. The maximum Gasteiger partial charge on any atom is 0.246 e. The van der Waals surface area contributed by atoms with Gasteiger partial charge in [0.2, 0.25) is 15.9 Å². The van der Waals surface area contributed by atoms with Crippen molar-refractivity contribution in [3.8, 4) is 0 Å². The Labute approximate surface area is 172 Å². The van der Waals surface area contributed by atoms with Crippen LogP contribution in [-0.4, -0.2) is 59.6 Å². The Balaban J connectivity index is 0.00000225. The normalized spacial score (nSPS) is 29.1. The third-order valence-electron chi connectivity index (χ3n) is 6.30. The molecule has 1 aromatic heterocycles. The fourth-order valence-electron chi connectivity index (χ4n) is 4.74. The summed E-state index contributed by atoms with van der Waals surface area (Å²) in [6.07, 6.45) is 10.1. The van der Waals surface area contributed by atoms with E-state index in [9.17, 15) is 13.2 Å². The average molecular weight is 432 g/mol. The van der Waals surface area contributed by atoms with Gasteiger partial charge in [-0.25, -0.2) is 8.42 Å². The van der Waals surface area contributed by atoms with Gasteiger partial charge in [-0.05, 0) is 38.0 Å². The number of carbonyl (C=O) groups excluding carboxylic acids is 1. The summed E-state index contributed by atoms with van der Waals surface area (Å²) in [4.78, 5) is 12.9. The molecular weight excluding hydrogens is 402 g/mol. The molecule has 3 aliphatic rings. The maximum atomic E-state index is 12.7. The molecule has 0 radical (unpaired) electrons. The zero-order valence-corrected chi connectivity index (χ0v) is 17.8. The molecule has 1 amide bonds. The molecule has 3 heterocycles. The SMILES string of the molecule is Cl.Cn1cc(S(=O)(=O)N2CCC(NC(=O)C3CC4CCCCC4N3)CC2)cn1. The van der Waals surface area contributed by atoms with Crippen LogP contribution in [0.4, 0.5) is 0 Å². The number of aromatic nitrogens is 2. The van der Waals surface area contributed by atoms with Crippen molar-refractivity contribution >= 4 is 28.3 Å². The van der Waals surface area contributed by atoms with Crippen molar-refractivity contribution in [1.82, 2.24) is 24.7 Å². The van der Waals surface area contributed by atoms with Crippen LogP contribution in [-0.2, 0) is 21.9 Å². The van der Waals surface area contributed by atoms with E-state index in [0.29, 0.717) is 37.9 Å². The second-order valence-electron chi connectivity index (χ2n) is 8.14. The van der Waals surface area contributed by atoms with Crippen molar-refractivity contribution in [2.45, 2.75) is 68.0 Å². The van der Waals surface area contributed by atoms with Crippen molar-refractivity contribution in [1.29, 1.82) is 0 Å². The highest BCUT2D eigenvalue weighted by Gasteiger charge is 2.39. The molecule has 3 fully saturated rings. The van der Waals surface area contributed by atoms with Gasteiger partial charge in [0.25, 0.3) is 0 Å². The van der Waals surface area contributed by atoms with E-state index in [1.54, 1.807) is 7.05 Å². The van der Waals surface area contributed by atoms with E-state index in [-0.39, 0.29) is 35.3 Å². The van der Waals surface area contributed by atoms with Crippen molar-refractivity contribution < 1.29 is 13.2 Å². The number of piperidine rings is 1. The maximum absolute atomic E-state index is 12.7. The highest BCUT2D eigenvalue weighted by Crippen LogP contribution is 2.33. The summed E-state index contributed by atoms with van der Waals surface area (Å²) in [6, 6.07) is 0.457. The van der Waals surface area contributed by atoms with E-state index in [0.717, 1.165) is 6.42 Å². The van der Waals surface area contributed by atoms with Gasteiger partial charge in [-0.15, -0.1) is 12.4 Å². The molecule has 1 aromatic rings. The molecule has 10 heteroatoms. The summed E-state index contributed by atoms with van der Waals surface area (Å²) < 4.78 is 28.3. The number of sulfonamides is 1. The van der Waals surface area contributed by atoms with Crippen molar-refractivity contribution in [2.24, 2.45) is 13.0 Å². The van der Waals surface area contributed by atoms with Crippen LogP contribution < -0.4 is 10.6 Å². The molecule has 1 aliphatic carbocycles. The summed E-state index contributed by atoms with van der Waals surface area (Å²) in [5, 5.41) is 10.6. The van der Waals surface area contributed by atoms with Gasteiger partial charge in [-0.1, -0.05) is 12.8 Å². The second kappa shape index (κ2) is 8.69. The lowest BCUT2D eigenvalue weighted by molar-refractivity contribution is -0.123. The van der Waals surface area contributed by atoms with Crippen LogP contribution in [0.25, 0.3) is 0 Å². The molecule has 2 aliphatic heterocycles. The topological polar surface area (TPSA) is 96.3 Å². The van der Waals surface area contributed by atoms with Crippen molar-refractivity contribution in [3.05, 3.63) is 12.4 Å². The highest BCUT2D eigenvalue weighted by atomic mass is 35.5. The molecule has 3 unspecified atom stereocenters. The Morgan fingerprint density at radius 2 is 1.93 bits per heavy atom. The Morgan fingerprint density at radius 1 is 1.21 bits per heavy atom. The van der Waals surface area contributed by atoms with E-state index in [4.69, 9.17) is 0 Å². The molecule has 158 valence electrons. The van der Waals surface area contributed by atoms with E-state index < -0.39 is 10.0 Å². The first kappa shape index (κ1) is 21.5. The molecule has 28 heavy (non-hydrogen) atoms. The van der Waals surface area contributed by atoms with Crippen LogP contribution in [0.1, 0.15) is 44.9 Å². The predicted octanol–water partition coefficient (Wildman–Crippen LogP) is 1.03. The molecule has 0 bridgehead atoms. The van der Waals surface area contributed by atoms with E-state index in [2.05, 4.69) is 15.7 Å². The zero-order valence-electron chi connectivity index (χ0n) is 16.2. The van der Waals surface area contributed by atoms with Crippen molar-refractivity contribution in [2.75, 3.05) is 13.1 Å². The van der Waals surface area contributed by atoms with Gasteiger partial charge in [-0.3, -0.25) is 9.48 Å². The minimum absolute atomic E-state index is 0. The average Bonchev–Trinajstić information content (AvgIpc) is 3.28. The predicted molar refractivity (Wildman–Crippen MR) is 108 cm³/mol. The first-order valence-electron chi connectivity index (χ1n) is 9.99. The molecule has 2 N–H and O–H groups in total. The van der Waals surface area contributed by atoms with Gasteiger partial charge in [0.15, 0.2) is 0 Å². The largest absolute Gasteiger partial charge is 0.352 e. The number of rotatable bonds is 4. The first-order valence-corrected chi connectivity index (χ1v) is 11.4. The molecule has 1 saturated carbocycles. The number of hydrogen-bond acceptors (Lipinski definition) is 5. The van der Waals surface area contributed by atoms with Gasteiger partial charge in [0.05, 0.1) is 12.2 Å². The van der Waals surface area contributed by atoms with Gasteiger partial charge < -0.3 is 10.6 Å². The minimum atomic E-state index is -3.50. The lowest BCUT2D eigenvalue weighted by Gasteiger charge is -2.31. The highest BCUT2D eigenvalue weighted by molar-refractivity contribution is 7.89. The van der Waals surface area contributed by atoms with Gasteiger partial charge >= 0.3 is 0 Å². The van der Waals surface area contributed by atoms with Crippen LogP contribution in [0.3, 0.4) is 0 Å². The minimum Gasteiger partial charge on any atom is -0.352 e. The summed E-state index contributed by atoms with van der Waals surface area (Å²) >= 11 is 0. The Kier molecular flexibility index (Phi) is 6.69. The Bertz CT molecular complexity index is 777. The standard InChI is InChI=1S/C18H29N5O3S.ClH/c1-22-12-15(11-19-22)27(25,26)23-8-6-14(7-9-23)20-18(24)17-10-13-4-2-3-5-16(13)21-17;/h11-14,16-17,21H,2-10H2,1H3,(H,20,24);1H. The second-order valence-corrected chi connectivity index (χ2v) is 10.1. The number of hydrogen-bond donors (Lipinski definition) is 2. The molecular formula is C18H30ClN5O3S. The molecule has 2 saturated heterocycles. The molecule has 0 spiro atoms. The monoisotopic (exact) mass is 431 g/mol. The number of fused-ring (bicyclic) bond motifs is 1. The van der Waals surface area contributed by atoms with E-state index >= 15 is 0 Å². The Morgan fingerprint density at radius 3 is 2.57 bits per heavy atom. The first-order chi connectivity index (χ1) is 12.9. The molecule has 8 nitrogen and oxygen atoms in total. The molecule has 4 rings (SSSR count). The number of carbonyl (C=O) groups is 1. The van der Waals surface area contributed by atoms with Gasteiger partial charge in [0.1, 0.15) is 4.90 Å². The summed E-state index contributed by atoms with van der Waals surface area (Å²) in [6.45, 7) is 0.844. The number of aryl methyl sites for hydroxylation is 1. The number of nitrogens with zero attached hydrogens (tertiary/aromatic N) is 3. The number of nitrogens with one attached hydrogen (secondary N) is 2. The number of amides is 1. The van der Waals surface area contributed by atoms with Crippen LogP contribution in [0.15, 0.2) is 17.3 Å². The van der Waals surface area contributed by atoms with Gasteiger partial charge in [-0.2, -0.15) is 9.40 Å². The van der Waals surface area contributed by atoms with E-state index in [1.165, 1.54) is 47.1 Å². The fraction of sp³-hybridized carbons (Fsp3) is 0.778. The third-order valence-corrected chi connectivity index (χ3v) is 8.15. The summed E-state index contributed by atoms with van der Waals surface area (Å²) in [5.41, 5.74) is 0.